The van der Waals surface area contributed by atoms with E-state index in [-0.39, 0.29) is 0 Å². The molecule has 1 aromatic rings. The molecule has 3 rings (SSSR count). The lowest BCUT2D eigenvalue weighted by molar-refractivity contribution is 0.287. The van der Waals surface area contributed by atoms with Crippen molar-refractivity contribution in [2.45, 2.75) is 17.7 Å². The number of hydrogen-bond acceptors (Lipinski definition) is 5. The van der Waals surface area contributed by atoms with Gasteiger partial charge in [-0.25, -0.2) is 0 Å². The summed E-state index contributed by atoms with van der Waals surface area (Å²) in [6.07, 6.45) is 6.15. The molecule has 1 aromatic heterocycles. The maximum Gasteiger partial charge on any atom is 0.301 e. The summed E-state index contributed by atoms with van der Waals surface area (Å²) in [4.78, 5) is 5.07. The Labute approximate surface area is 92.3 Å². The van der Waals surface area contributed by atoms with Gasteiger partial charge in [0.1, 0.15) is 0 Å². The molecule has 0 amide bonds. The van der Waals surface area contributed by atoms with Crippen molar-refractivity contribution in [3.8, 4) is 0 Å². The largest absolute Gasteiger partial charge is 0.464 e. The predicted molar refractivity (Wildman–Crippen MR) is 59.8 cm³/mol. The number of pyridine rings is 1. The number of fused-ring (bicyclic) bond motifs is 1. The Morgan fingerprint density at radius 2 is 2.47 bits per heavy atom. The Morgan fingerprint density at radius 3 is 3.33 bits per heavy atom. The van der Waals surface area contributed by atoms with Gasteiger partial charge in [-0.1, -0.05) is 0 Å². The Balaban J connectivity index is 1.66. The predicted octanol–water partition coefficient (Wildman–Crippen LogP) is 2.30. The van der Waals surface area contributed by atoms with Gasteiger partial charge in [0, 0.05) is 24.3 Å². The van der Waals surface area contributed by atoms with Crippen LogP contribution in [-0.4, -0.2) is 17.6 Å². The molecule has 0 bridgehead atoms. The van der Waals surface area contributed by atoms with Crippen LogP contribution in [0.4, 0.5) is 5.69 Å². The molecular weight excluding hydrogens is 210 g/mol. The smallest absolute Gasteiger partial charge is 0.301 e. The monoisotopic (exact) mass is 221 g/mol. The summed E-state index contributed by atoms with van der Waals surface area (Å²) in [7, 11) is 0. The highest BCUT2D eigenvalue weighted by atomic mass is 32.2. The molecule has 5 heteroatoms. The SMILES string of the molecule is c1cc2c(cn1)SN=C(OCC1CC1)N2. The minimum atomic E-state index is 0.616. The van der Waals surface area contributed by atoms with Crippen LogP contribution in [-0.2, 0) is 4.74 Å². The van der Waals surface area contributed by atoms with Crippen molar-refractivity contribution in [2.24, 2.45) is 10.3 Å². The molecule has 1 fully saturated rings. The zero-order valence-electron chi connectivity index (χ0n) is 8.14. The Hall–Kier alpha value is -1.23. The number of ether oxygens (including phenoxy) is 1. The highest BCUT2D eigenvalue weighted by Crippen LogP contribution is 2.32. The second-order valence-corrected chi connectivity index (χ2v) is 4.54. The van der Waals surface area contributed by atoms with Crippen LogP contribution in [0.3, 0.4) is 0 Å². The van der Waals surface area contributed by atoms with Crippen LogP contribution in [0.2, 0.25) is 0 Å². The fraction of sp³-hybridized carbons (Fsp3) is 0.400. The molecule has 0 atom stereocenters. The van der Waals surface area contributed by atoms with Gasteiger partial charge in [0.05, 0.1) is 17.2 Å². The Kier molecular flexibility index (Phi) is 2.25. The van der Waals surface area contributed by atoms with Crippen molar-refractivity contribution in [2.75, 3.05) is 11.9 Å². The van der Waals surface area contributed by atoms with Crippen LogP contribution in [0.25, 0.3) is 0 Å². The van der Waals surface area contributed by atoms with Gasteiger partial charge in [-0.15, -0.1) is 0 Å². The van der Waals surface area contributed by atoms with Crippen LogP contribution in [0, 0.1) is 5.92 Å². The van der Waals surface area contributed by atoms with E-state index in [1.165, 1.54) is 24.8 Å². The minimum absolute atomic E-state index is 0.616. The molecule has 2 aliphatic rings. The first-order valence-electron chi connectivity index (χ1n) is 5.00. The maximum atomic E-state index is 5.56. The van der Waals surface area contributed by atoms with Crippen molar-refractivity contribution in [3.05, 3.63) is 18.5 Å². The fourth-order valence-electron chi connectivity index (χ4n) is 1.33. The molecule has 1 aliphatic heterocycles. The topological polar surface area (TPSA) is 46.5 Å². The van der Waals surface area contributed by atoms with Gasteiger partial charge in [0.2, 0.25) is 0 Å². The summed E-state index contributed by atoms with van der Waals surface area (Å²) in [5.41, 5.74) is 1.02. The lowest BCUT2D eigenvalue weighted by atomic mass is 10.4. The van der Waals surface area contributed by atoms with Crippen molar-refractivity contribution in [1.82, 2.24) is 4.98 Å². The highest BCUT2D eigenvalue weighted by Gasteiger charge is 2.23. The first-order chi connectivity index (χ1) is 7.42. The summed E-state index contributed by atoms with van der Waals surface area (Å²) < 4.78 is 9.79. The molecule has 0 radical (unpaired) electrons. The van der Waals surface area contributed by atoms with Gasteiger partial charge in [0.25, 0.3) is 0 Å². The molecule has 15 heavy (non-hydrogen) atoms. The zero-order chi connectivity index (χ0) is 10.1. The highest BCUT2D eigenvalue weighted by molar-refractivity contribution is 7.98. The first-order valence-corrected chi connectivity index (χ1v) is 5.78. The van der Waals surface area contributed by atoms with Crippen molar-refractivity contribution in [3.63, 3.8) is 0 Å². The van der Waals surface area contributed by atoms with Gasteiger partial charge in [-0.05, 0) is 24.8 Å². The van der Waals surface area contributed by atoms with Crippen molar-refractivity contribution in [1.29, 1.82) is 0 Å². The van der Waals surface area contributed by atoms with E-state index in [9.17, 15) is 0 Å². The number of nitrogens with zero attached hydrogens (tertiary/aromatic N) is 2. The van der Waals surface area contributed by atoms with E-state index in [1.807, 2.05) is 6.07 Å². The molecule has 0 spiro atoms. The van der Waals surface area contributed by atoms with E-state index < -0.39 is 0 Å². The minimum Gasteiger partial charge on any atom is -0.464 e. The molecule has 4 nitrogen and oxygen atoms in total. The summed E-state index contributed by atoms with van der Waals surface area (Å²) in [5.74, 6) is 0.748. The maximum absolute atomic E-state index is 5.56. The third-order valence-corrected chi connectivity index (χ3v) is 3.18. The molecule has 1 aliphatic carbocycles. The van der Waals surface area contributed by atoms with Crippen molar-refractivity contribution < 1.29 is 4.74 Å². The summed E-state index contributed by atoms with van der Waals surface area (Å²) >= 11 is 1.41. The third-order valence-electron chi connectivity index (χ3n) is 2.41. The number of aromatic nitrogens is 1. The van der Waals surface area contributed by atoms with Gasteiger partial charge in [0.15, 0.2) is 0 Å². The lowest BCUT2D eigenvalue weighted by Crippen LogP contribution is -2.19. The molecule has 0 saturated heterocycles. The normalized spacial score (nSPS) is 18.8. The Morgan fingerprint density at radius 1 is 1.53 bits per heavy atom. The Bertz CT molecular complexity index is 403. The van der Waals surface area contributed by atoms with Crippen LogP contribution in [0.15, 0.2) is 27.8 Å². The number of anilines is 1. The number of amidine groups is 1. The molecule has 2 heterocycles. The van der Waals surface area contributed by atoms with Crippen LogP contribution in [0.1, 0.15) is 12.8 Å². The van der Waals surface area contributed by atoms with Gasteiger partial charge < -0.3 is 10.1 Å². The number of hydrogen-bond donors (Lipinski definition) is 1. The molecule has 0 unspecified atom stereocenters. The van der Waals surface area contributed by atoms with E-state index in [4.69, 9.17) is 4.74 Å². The second-order valence-electron chi connectivity index (χ2n) is 3.74. The molecular formula is C10H11N3OS. The van der Waals surface area contributed by atoms with Crippen LogP contribution < -0.4 is 5.32 Å². The van der Waals surface area contributed by atoms with E-state index in [1.54, 1.807) is 12.4 Å². The summed E-state index contributed by atoms with van der Waals surface area (Å²) in [6.45, 7) is 0.785. The van der Waals surface area contributed by atoms with E-state index >= 15 is 0 Å². The van der Waals surface area contributed by atoms with Gasteiger partial charge in [-0.3, -0.25) is 4.98 Å². The van der Waals surface area contributed by atoms with E-state index in [0.717, 1.165) is 23.1 Å². The van der Waals surface area contributed by atoms with E-state index in [0.29, 0.717) is 6.02 Å². The molecule has 78 valence electrons. The lowest BCUT2D eigenvalue weighted by Gasteiger charge is -2.16. The second kappa shape index (κ2) is 3.73. The average molecular weight is 221 g/mol. The molecule has 0 aromatic carbocycles. The fourth-order valence-corrected chi connectivity index (χ4v) is 1.93. The quantitative estimate of drug-likeness (QED) is 0.778. The van der Waals surface area contributed by atoms with Crippen molar-refractivity contribution >= 4 is 23.7 Å². The van der Waals surface area contributed by atoms with Crippen LogP contribution in [0.5, 0.6) is 0 Å². The average Bonchev–Trinajstić information content (AvgIpc) is 3.10. The zero-order valence-corrected chi connectivity index (χ0v) is 8.96. The summed E-state index contributed by atoms with van der Waals surface area (Å²) in [6, 6.07) is 2.54. The number of nitrogens with one attached hydrogen (secondary N) is 1. The van der Waals surface area contributed by atoms with Gasteiger partial charge >= 0.3 is 6.02 Å². The number of rotatable bonds is 2. The third kappa shape index (κ3) is 2.07. The van der Waals surface area contributed by atoms with Gasteiger partial charge in [-0.2, -0.15) is 4.40 Å². The first kappa shape index (κ1) is 9.03. The molecule has 1 N–H and O–H groups in total. The van der Waals surface area contributed by atoms with Crippen LogP contribution >= 0.6 is 11.9 Å². The van der Waals surface area contributed by atoms with E-state index in [2.05, 4.69) is 14.7 Å². The molecule has 1 saturated carbocycles. The summed E-state index contributed by atoms with van der Waals surface area (Å²) in [5, 5.41) is 3.15. The standard InChI is InChI=1S/C10H11N3OS/c1-2-7(1)6-14-10-12-8-3-4-11-5-9(8)15-13-10/h3-5,7H,1-2,6H2,(H,12,13).